The molecule has 2 N–H and O–H groups in total. The van der Waals surface area contributed by atoms with E-state index in [1.165, 1.54) is 0 Å². The molecule has 15 heavy (non-hydrogen) atoms. The van der Waals surface area contributed by atoms with Crippen molar-refractivity contribution >= 4 is 15.9 Å². The predicted octanol–water partition coefficient (Wildman–Crippen LogP) is 1.02. The van der Waals surface area contributed by atoms with Crippen molar-refractivity contribution < 1.29 is 0 Å². The first-order chi connectivity index (χ1) is 7.20. The fourth-order valence-electron chi connectivity index (χ4n) is 1.36. The van der Waals surface area contributed by atoms with Crippen LogP contribution in [-0.4, -0.2) is 19.7 Å². The highest BCUT2D eigenvalue weighted by atomic mass is 79.9. The first-order valence-electron chi connectivity index (χ1n) is 4.40. The van der Waals surface area contributed by atoms with E-state index in [4.69, 9.17) is 5.73 Å². The summed E-state index contributed by atoms with van der Waals surface area (Å²) >= 11 is 3.40. The van der Waals surface area contributed by atoms with E-state index < -0.39 is 0 Å². The number of hydrogen-bond donors (Lipinski definition) is 1. The monoisotopic (exact) mass is 267 g/mol. The largest absolute Gasteiger partial charge is 0.316 e. The topological polar surface area (TPSA) is 69.6 Å². The fourth-order valence-corrected chi connectivity index (χ4v) is 1.96. The van der Waals surface area contributed by atoms with Gasteiger partial charge in [0.25, 0.3) is 0 Å². The second kappa shape index (κ2) is 4.08. The van der Waals surface area contributed by atoms with Gasteiger partial charge in [0.1, 0.15) is 6.04 Å². The van der Waals surface area contributed by atoms with Gasteiger partial charge in [0.05, 0.1) is 16.4 Å². The Morgan fingerprint density at radius 2 is 2.07 bits per heavy atom. The molecule has 0 saturated heterocycles. The van der Waals surface area contributed by atoms with Gasteiger partial charge in [0.15, 0.2) is 5.82 Å². The standard InChI is InChI=1S/C9H10BrN5/c1-15-8(6(10)5-14-15)7(11)9-12-3-2-4-13-9/h2-5,7H,11H2,1H3. The van der Waals surface area contributed by atoms with Crippen molar-refractivity contribution in [2.75, 3.05) is 0 Å². The highest BCUT2D eigenvalue weighted by Gasteiger charge is 2.18. The molecule has 2 heterocycles. The number of halogens is 1. The van der Waals surface area contributed by atoms with Crippen molar-refractivity contribution in [2.24, 2.45) is 12.8 Å². The third-order valence-electron chi connectivity index (χ3n) is 2.10. The molecule has 0 spiro atoms. The molecule has 0 bridgehead atoms. The van der Waals surface area contributed by atoms with Crippen LogP contribution in [-0.2, 0) is 7.05 Å². The van der Waals surface area contributed by atoms with Gasteiger partial charge in [0.2, 0.25) is 0 Å². The van der Waals surface area contributed by atoms with Crippen molar-refractivity contribution in [2.45, 2.75) is 6.04 Å². The van der Waals surface area contributed by atoms with Gasteiger partial charge in [-0.1, -0.05) is 0 Å². The number of nitrogens with zero attached hydrogens (tertiary/aromatic N) is 4. The lowest BCUT2D eigenvalue weighted by Crippen LogP contribution is -2.18. The Kier molecular flexibility index (Phi) is 2.79. The van der Waals surface area contributed by atoms with Crippen LogP contribution in [0.1, 0.15) is 17.6 Å². The van der Waals surface area contributed by atoms with E-state index in [9.17, 15) is 0 Å². The molecule has 0 saturated carbocycles. The van der Waals surface area contributed by atoms with Crippen molar-refractivity contribution in [1.82, 2.24) is 19.7 Å². The number of hydrogen-bond acceptors (Lipinski definition) is 4. The van der Waals surface area contributed by atoms with Gasteiger partial charge in [-0.25, -0.2) is 9.97 Å². The summed E-state index contributed by atoms with van der Waals surface area (Å²) in [5.74, 6) is 0.585. The zero-order chi connectivity index (χ0) is 10.8. The maximum absolute atomic E-state index is 6.05. The van der Waals surface area contributed by atoms with Crippen LogP contribution in [0, 0.1) is 0 Å². The Morgan fingerprint density at radius 3 is 2.60 bits per heavy atom. The molecule has 2 rings (SSSR count). The van der Waals surface area contributed by atoms with Crippen LogP contribution in [0.3, 0.4) is 0 Å². The summed E-state index contributed by atoms with van der Waals surface area (Å²) in [5, 5.41) is 4.10. The van der Waals surface area contributed by atoms with E-state index in [-0.39, 0.29) is 6.04 Å². The van der Waals surface area contributed by atoms with Crippen LogP contribution >= 0.6 is 15.9 Å². The first-order valence-corrected chi connectivity index (χ1v) is 5.19. The zero-order valence-electron chi connectivity index (χ0n) is 8.13. The molecule has 0 radical (unpaired) electrons. The number of nitrogens with two attached hydrogens (primary N) is 1. The van der Waals surface area contributed by atoms with E-state index in [0.29, 0.717) is 5.82 Å². The van der Waals surface area contributed by atoms with Crippen LogP contribution in [0.25, 0.3) is 0 Å². The highest BCUT2D eigenvalue weighted by Crippen LogP contribution is 2.23. The Hall–Kier alpha value is -1.27. The average Bonchev–Trinajstić information content (AvgIpc) is 2.59. The summed E-state index contributed by atoms with van der Waals surface area (Å²) in [6.07, 6.45) is 5.05. The van der Waals surface area contributed by atoms with Gasteiger partial charge in [-0.15, -0.1) is 0 Å². The normalized spacial score (nSPS) is 12.7. The maximum Gasteiger partial charge on any atom is 0.151 e. The third-order valence-corrected chi connectivity index (χ3v) is 2.71. The van der Waals surface area contributed by atoms with Crippen molar-refractivity contribution in [1.29, 1.82) is 0 Å². The summed E-state index contributed by atoms with van der Waals surface area (Å²) in [6, 6.07) is 1.39. The minimum Gasteiger partial charge on any atom is -0.316 e. The van der Waals surface area contributed by atoms with Gasteiger partial charge in [-0.05, 0) is 22.0 Å². The average molecular weight is 268 g/mol. The molecule has 78 valence electrons. The molecule has 2 aromatic rings. The lowest BCUT2D eigenvalue weighted by molar-refractivity contribution is 0.649. The lowest BCUT2D eigenvalue weighted by atomic mass is 10.2. The third kappa shape index (κ3) is 1.91. The minimum absolute atomic E-state index is 0.368. The van der Waals surface area contributed by atoms with Gasteiger partial charge >= 0.3 is 0 Å². The van der Waals surface area contributed by atoms with E-state index >= 15 is 0 Å². The van der Waals surface area contributed by atoms with Crippen LogP contribution in [0.2, 0.25) is 0 Å². The van der Waals surface area contributed by atoms with E-state index in [2.05, 4.69) is 31.0 Å². The summed E-state index contributed by atoms with van der Waals surface area (Å²) in [4.78, 5) is 8.24. The van der Waals surface area contributed by atoms with Gasteiger partial charge in [-0.3, -0.25) is 4.68 Å². The van der Waals surface area contributed by atoms with E-state index in [1.807, 2.05) is 7.05 Å². The zero-order valence-corrected chi connectivity index (χ0v) is 9.72. The Bertz CT molecular complexity index is 433. The molecular formula is C9H10BrN5. The molecular weight excluding hydrogens is 258 g/mol. The Labute approximate surface area is 95.5 Å². The lowest BCUT2D eigenvalue weighted by Gasteiger charge is -2.10. The Balaban J connectivity index is 2.41. The molecule has 0 aromatic carbocycles. The van der Waals surface area contributed by atoms with Crippen molar-refractivity contribution in [3.8, 4) is 0 Å². The molecule has 0 aliphatic rings. The molecule has 2 aromatic heterocycles. The molecule has 6 heteroatoms. The predicted molar refractivity (Wildman–Crippen MR) is 59.0 cm³/mol. The van der Waals surface area contributed by atoms with Gasteiger partial charge < -0.3 is 5.73 Å². The van der Waals surface area contributed by atoms with Gasteiger partial charge in [-0.2, -0.15) is 5.10 Å². The molecule has 0 aliphatic carbocycles. The second-order valence-electron chi connectivity index (χ2n) is 3.09. The number of rotatable bonds is 2. The smallest absolute Gasteiger partial charge is 0.151 e. The molecule has 0 aliphatic heterocycles. The van der Waals surface area contributed by atoms with E-state index in [1.54, 1.807) is 29.3 Å². The maximum atomic E-state index is 6.05. The summed E-state index contributed by atoms with van der Waals surface area (Å²) in [7, 11) is 1.84. The quantitative estimate of drug-likeness (QED) is 0.882. The van der Waals surface area contributed by atoms with E-state index in [0.717, 1.165) is 10.2 Å². The van der Waals surface area contributed by atoms with Crippen LogP contribution in [0.5, 0.6) is 0 Å². The molecule has 0 fully saturated rings. The highest BCUT2D eigenvalue weighted by molar-refractivity contribution is 9.10. The summed E-state index contributed by atoms with van der Waals surface area (Å²) < 4.78 is 2.58. The SMILES string of the molecule is Cn1ncc(Br)c1C(N)c1ncccn1. The number of aryl methyl sites for hydroxylation is 1. The van der Waals surface area contributed by atoms with Crippen molar-refractivity contribution in [3.63, 3.8) is 0 Å². The summed E-state index contributed by atoms with van der Waals surface area (Å²) in [6.45, 7) is 0. The van der Waals surface area contributed by atoms with Crippen LogP contribution in [0.4, 0.5) is 0 Å². The fraction of sp³-hybridized carbons (Fsp3) is 0.222. The molecule has 5 nitrogen and oxygen atoms in total. The van der Waals surface area contributed by atoms with Gasteiger partial charge in [0, 0.05) is 19.4 Å². The van der Waals surface area contributed by atoms with Crippen molar-refractivity contribution in [3.05, 3.63) is 40.6 Å². The minimum atomic E-state index is -0.368. The molecule has 0 amide bonds. The second-order valence-corrected chi connectivity index (χ2v) is 3.94. The molecule has 1 unspecified atom stereocenters. The Morgan fingerprint density at radius 1 is 1.40 bits per heavy atom. The van der Waals surface area contributed by atoms with Crippen LogP contribution in [0.15, 0.2) is 29.1 Å². The number of aromatic nitrogens is 4. The summed E-state index contributed by atoms with van der Waals surface area (Å²) in [5.41, 5.74) is 6.91. The molecule has 1 atom stereocenters. The van der Waals surface area contributed by atoms with Crippen LogP contribution < -0.4 is 5.73 Å². The first kappa shape index (κ1) is 10.3.